The van der Waals surface area contributed by atoms with Crippen LogP contribution in [0.3, 0.4) is 0 Å². The van der Waals surface area contributed by atoms with E-state index in [2.05, 4.69) is 71.1 Å². The number of nitrogens with zero attached hydrogens (tertiary/aromatic N) is 3. The van der Waals surface area contributed by atoms with E-state index in [1.165, 1.54) is 27.8 Å². The summed E-state index contributed by atoms with van der Waals surface area (Å²) in [7, 11) is 0. The Balaban J connectivity index is 1.49. The maximum Gasteiger partial charge on any atom is 0.0991 e. The number of nitriles is 1. The molecule has 1 heterocycles. The average Bonchev–Trinajstić information content (AvgIpc) is 3.22. The smallest absolute Gasteiger partial charge is 0.0991 e. The van der Waals surface area contributed by atoms with Gasteiger partial charge in [0, 0.05) is 24.9 Å². The number of aryl methyl sites for hydroxylation is 1. The molecule has 0 amide bonds. The van der Waals surface area contributed by atoms with E-state index < -0.39 is 0 Å². The van der Waals surface area contributed by atoms with Gasteiger partial charge < -0.3 is 4.57 Å². The summed E-state index contributed by atoms with van der Waals surface area (Å²) in [6.07, 6.45) is 6.87. The van der Waals surface area contributed by atoms with Gasteiger partial charge in [0.05, 0.1) is 18.0 Å². The van der Waals surface area contributed by atoms with E-state index in [1.54, 1.807) is 0 Å². The SMILES string of the molecule is CCCc1ccccc1-c1ccc(Cn2cncc2Cc2ccc(C#N)cc2)cc1. The van der Waals surface area contributed by atoms with Crippen molar-refractivity contribution in [1.29, 1.82) is 5.26 Å². The standard InChI is InChI=1S/C27H25N3/c1-2-5-24-6-3-4-7-27(24)25-14-12-23(13-15-25)19-30-20-29-18-26(30)16-21-8-10-22(17-28)11-9-21/h3-4,6-15,18,20H,2,5,16,19H2,1H3. The third-order valence-corrected chi connectivity index (χ3v) is 5.42. The van der Waals surface area contributed by atoms with Crippen LogP contribution in [0, 0.1) is 11.3 Å². The molecule has 3 nitrogen and oxygen atoms in total. The Labute approximate surface area is 178 Å². The predicted molar refractivity (Wildman–Crippen MR) is 121 cm³/mol. The first-order chi connectivity index (χ1) is 14.8. The highest BCUT2D eigenvalue weighted by molar-refractivity contribution is 5.67. The molecule has 0 N–H and O–H groups in total. The van der Waals surface area contributed by atoms with Crippen LogP contribution in [-0.2, 0) is 19.4 Å². The molecule has 30 heavy (non-hydrogen) atoms. The zero-order chi connectivity index (χ0) is 20.8. The quantitative estimate of drug-likeness (QED) is 0.387. The third kappa shape index (κ3) is 4.50. The van der Waals surface area contributed by atoms with Crippen molar-refractivity contribution in [3.63, 3.8) is 0 Å². The Hall–Kier alpha value is -3.64. The van der Waals surface area contributed by atoms with E-state index in [9.17, 15) is 0 Å². The molecule has 0 atom stereocenters. The van der Waals surface area contributed by atoms with Crippen molar-refractivity contribution in [3.8, 4) is 17.2 Å². The van der Waals surface area contributed by atoms with Crippen molar-refractivity contribution in [1.82, 2.24) is 9.55 Å². The highest BCUT2D eigenvalue weighted by atomic mass is 15.0. The Morgan fingerprint density at radius 3 is 2.37 bits per heavy atom. The van der Waals surface area contributed by atoms with Crippen LogP contribution in [-0.4, -0.2) is 9.55 Å². The van der Waals surface area contributed by atoms with E-state index in [4.69, 9.17) is 5.26 Å². The zero-order valence-corrected chi connectivity index (χ0v) is 17.3. The van der Waals surface area contributed by atoms with Crippen molar-refractivity contribution in [2.24, 2.45) is 0 Å². The van der Waals surface area contributed by atoms with Gasteiger partial charge in [-0.05, 0) is 46.4 Å². The average molecular weight is 392 g/mol. The second-order valence-electron chi connectivity index (χ2n) is 7.60. The highest BCUT2D eigenvalue weighted by Gasteiger charge is 2.07. The molecule has 4 aromatic rings. The van der Waals surface area contributed by atoms with Crippen molar-refractivity contribution >= 4 is 0 Å². The van der Waals surface area contributed by atoms with Gasteiger partial charge in [0.25, 0.3) is 0 Å². The normalized spacial score (nSPS) is 10.7. The van der Waals surface area contributed by atoms with Crippen LogP contribution in [0.1, 0.15) is 41.3 Å². The molecule has 0 aliphatic heterocycles. The maximum absolute atomic E-state index is 8.96. The van der Waals surface area contributed by atoms with Gasteiger partial charge in [-0.3, -0.25) is 0 Å². The second-order valence-corrected chi connectivity index (χ2v) is 7.60. The summed E-state index contributed by atoms with van der Waals surface area (Å²) in [6, 6.07) is 27.5. The Morgan fingerprint density at radius 2 is 1.63 bits per heavy atom. The number of imidazole rings is 1. The van der Waals surface area contributed by atoms with Crippen LogP contribution in [0.5, 0.6) is 0 Å². The minimum atomic E-state index is 0.688. The minimum absolute atomic E-state index is 0.688. The molecule has 1 aromatic heterocycles. The molecule has 3 aromatic carbocycles. The summed E-state index contributed by atoms with van der Waals surface area (Å²) < 4.78 is 2.19. The van der Waals surface area contributed by atoms with Gasteiger partial charge in [-0.2, -0.15) is 5.26 Å². The van der Waals surface area contributed by atoms with Crippen LogP contribution in [0.4, 0.5) is 0 Å². The number of rotatable bonds is 7. The molecule has 0 bridgehead atoms. The van der Waals surface area contributed by atoms with Gasteiger partial charge in [0.2, 0.25) is 0 Å². The van der Waals surface area contributed by atoms with Gasteiger partial charge in [-0.25, -0.2) is 4.98 Å². The van der Waals surface area contributed by atoms with Crippen molar-refractivity contribution in [3.05, 3.63) is 113 Å². The fourth-order valence-corrected chi connectivity index (χ4v) is 3.82. The van der Waals surface area contributed by atoms with Crippen LogP contribution in [0.2, 0.25) is 0 Å². The lowest BCUT2D eigenvalue weighted by atomic mass is 9.96. The molecule has 0 spiro atoms. The van der Waals surface area contributed by atoms with E-state index in [-0.39, 0.29) is 0 Å². The second kappa shape index (κ2) is 9.24. The highest BCUT2D eigenvalue weighted by Crippen LogP contribution is 2.25. The molecule has 0 saturated carbocycles. The summed E-state index contributed by atoms with van der Waals surface area (Å²) in [5, 5.41) is 8.96. The molecule has 0 radical (unpaired) electrons. The summed E-state index contributed by atoms with van der Waals surface area (Å²) >= 11 is 0. The predicted octanol–water partition coefficient (Wildman–Crippen LogP) is 6.01. The summed E-state index contributed by atoms with van der Waals surface area (Å²) in [6.45, 7) is 3.02. The number of hydrogen-bond acceptors (Lipinski definition) is 2. The molecular formula is C27H25N3. The molecule has 0 saturated heterocycles. The molecule has 148 valence electrons. The molecule has 4 rings (SSSR count). The van der Waals surface area contributed by atoms with Gasteiger partial charge in [-0.15, -0.1) is 0 Å². The lowest BCUT2D eigenvalue weighted by molar-refractivity contribution is 0.753. The number of benzene rings is 3. The van der Waals surface area contributed by atoms with Gasteiger partial charge in [0.1, 0.15) is 0 Å². The van der Waals surface area contributed by atoms with E-state index in [0.717, 1.165) is 31.5 Å². The summed E-state index contributed by atoms with van der Waals surface area (Å²) in [5.74, 6) is 0. The summed E-state index contributed by atoms with van der Waals surface area (Å²) in [4.78, 5) is 4.36. The van der Waals surface area contributed by atoms with Crippen LogP contribution >= 0.6 is 0 Å². The number of aromatic nitrogens is 2. The topological polar surface area (TPSA) is 41.6 Å². The molecule has 0 unspecified atom stereocenters. The van der Waals surface area contributed by atoms with Crippen molar-refractivity contribution < 1.29 is 0 Å². The molecule has 0 aliphatic rings. The number of hydrogen-bond donors (Lipinski definition) is 0. The Kier molecular flexibility index (Phi) is 6.06. The molecule has 0 aliphatic carbocycles. The first-order valence-corrected chi connectivity index (χ1v) is 10.4. The largest absolute Gasteiger partial charge is 0.330 e. The third-order valence-electron chi connectivity index (χ3n) is 5.42. The molecule has 3 heteroatoms. The zero-order valence-electron chi connectivity index (χ0n) is 17.3. The molecule has 0 fully saturated rings. The monoisotopic (exact) mass is 391 g/mol. The van der Waals surface area contributed by atoms with E-state index in [0.29, 0.717) is 5.56 Å². The maximum atomic E-state index is 8.96. The van der Waals surface area contributed by atoms with Crippen molar-refractivity contribution in [2.75, 3.05) is 0 Å². The van der Waals surface area contributed by atoms with E-state index in [1.807, 2.05) is 36.8 Å². The first-order valence-electron chi connectivity index (χ1n) is 10.4. The van der Waals surface area contributed by atoms with Gasteiger partial charge >= 0.3 is 0 Å². The van der Waals surface area contributed by atoms with Crippen LogP contribution < -0.4 is 0 Å². The lowest BCUT2D eigenvalue weighted by Crippen LogP contribution is -2.04. The van der Waals surface area contributed by atoms with Gasteiger partial charge in [0.15, 0.2) is 0 Å². The van der Waals surface area contributed by atoms with Crippen molar-refractivity contribution in [2.45, 2.75) is 32.7 Å². The first kappa shape index (κ1) is 19.7. The molecular weight excluding hydrogens is 366 g/mol. The fraction of sp³-hybridized carbons (Fsp3) is 0.185. The minimum Gasteiger partial charge on any atom is -0.330 e. The van der Waals surface area contributed by atoms with E-state index >= 15 is 0 Å². The Morgan fingerprint density at radius 1 is 0.900 bits per heavy atom. The lowest BCUT2D eigenvalue weighted by Gasteiger charge is -2.11. The van der Waals surface area contributed by atoms with Crippen LogP contribution in [0.25, 0.3) is 11.1 Å². The van der Waals surface area contributed by atoms with Crippen LogP contribution in [0.15, 0.2) is 85.3 Å². The summed E-state index contributed by atoms with van der Waals surface area (Å²) in [5.41, 5.74) is 8.29. The van der Waals surface area contributed by atoms with Gasteiger partial charge in [-0.1, -0.05) is 74.0 Å². The fourth-order valence-electron chi connectivity index (χ4n) is 3.82. The Bertz CT molecular complexity index is 1150.